The van der Waals surface area contributed by atoms with Crippen molar-refractivity contribution >= 4 is 10.0 Å². The molecule has 0 saturated carbocycles. The topological polar surface area (TPSA) is 76.3 Å². The van der Waals surface area contributed by atoms with Gasteiger partial charge >= 0.3 is 0 Å². The minimum absolute atomic E-state index is 0.0961. The van der Waals surface area contributed by atoms with E-state index in [1.165, 1.54) is 6.20 Å². The summed E-state index contributed by atoms with van der Waals surface area (Å²) in [6.07, 6.45) is 5.60. The van der Waals surface area contributed by atoms with Crippen molar-refractivity contribution < 1.29 is 8.42 Å². The van der Waals surface area contributed by atoms with E-state index >= 15 is 0 Å². The van der Waals surface area contributed by atoms with Gasteiger partial charge in [0.2, 0.25) is 10.0 Å². The van der Waals surface area contributed by atoms with Crippen LogP contribution in [0.3, 0.4) is 0 Å². The van der Waals surface area contributed by atoms with Gasteiger partial charge < -0.3 is 5.73 Å². The first-order chi connectivity index (χ1) is 9.59. The molecule has 1 aliphatic heterocycles. The highest BCUT2D eigenvalue weighted by Crippen LogP contribution is 2.27. The Morgan fingerprint density at radius 2 is 2.30 bits per heavy atom. The maximum Gasteiger partial charge on any atom is 0.244 e. The summed E-state index contributed by atoms with van der Waals surface area (Å²) in [5, 5.41) is 0. The number of nitrogens with two attached hydrogens (primary N) is 1. The highest BCUT2D eigenvalue weighted by atomic mass is 32.2. The van der Waals surface area contributed by atoms with Crippen LogP contribution < -0.4 is 5.73 Å². The summed E-state index contributed by atoms with van der Waals surface area (Å²) in [6.45, 7) is 2.83. The van der Waals surface area contributed by atoms with Crippen LogP contribution in [0.1, 0.15) is 31.7 Å². The van der Waals surface area contributed by atoms with Crippen LogP contribution in [-0.4, -0.2) is 36.8 Å². The molecule has 1 aromatic rings. The van der Waals surface area contributed by atoms with Crippen molar-refractivity contribution in [3.63, 3.8) is 0 Å². The maximum absolute atomic E-state index is 12.6. The number of hydrogen-bond acceptors (Lipinski definition) is 4. The van der Waals surface area contributed by atoms with E-state index in [2.05, 4.69) is 16.8 Å². The molecule has 0 bridgehead atoms. The fourth-order valence-corrected chi connectivity index (χ4v) is 4.21. The van der Waals surface area contributed by atoms with E-state index in [4.69, 9.17) is 5.73 Å². The highest BCUT2D eigenvalue weighted by molar-refractivity contribution is 7.89. The smallest absolute Gasteiger partial charge is 0.244 e. The molecule has 1 saturated heterocycles. The summed E-state index contributed by atoms with van der Waals surface area (Å²) in [7, 11) is -3.48. The molecular formula is C14H19N3O2S. The Bertz CT molecular complexity index is 631. The van der Waals surface area contributed by atoms with Crippen molar-refractivity contribution in [3.05, 3.63) is 24.0 Å². The first-order valence-corrected chi connectivity index (χ1v) is 8.19. The van der Waals surface area contributed by atoms with Crippen molar-refractivity contribution in [2.75, 3.05) is 13.1 Å². The molecule has 0 aliphatic carbocycles. The molecule has 0 radical (unpaired) electrons. The predicted octanol–water partition coefficient (Wildman–Crippen LogP) is 0.955. The second-order valence-electron chi connectivity index (χ2n) is 4.74. The molecule has 2 N–H and O–H groups in total. The molecule has 20 heavy (non-hydrogen) atoms. The fourth-order valence-electron chi connectivity index (χ4n) is 2.45. The lowest BCUT2D eigenvalue weighted by atomic mass is 10.2. The van der Waals surface area contributed by atoms with Crippen molar-refractivity contribution in [2.45, 2.75) is 37.1 Å². The zero-order valence-corrected chi connectivity index (χ0v) is 12.4. The summed E-state index contributed by atoms with van der Waals surface area (Å²) in [5.74, 6) is 5.51. The van der Waals surface area contributed by atoms with Gasteiger partial charge in [-0.25, -0.2) is 8.42 Å². The predicted molar refractivity (Wildman–Crippen MR) is 77.4 cm³/mol. The van der Waals surface area contributed by atoms with Crippen LogP contribution in [0.5, 0.6) is 0 Å². The normalized spacial score (nSPS) is 19.6. The van der Waals surface area contributed by atoms with Gasteiger partial charge in [-0.15, -0.1) is 0 Å². The van der Waals surface area contributed by atoms with Crippen LogP contribution in [0.4, 0.5) is 0 Å². The molecule has 1 aliphatic rings. The first-order valence-electron chi connectivity index (χ1n) is 6.75. The fraction of sp³-hybridized carbons (Fsp3) is 0.500. The number of rotatable bonds is 3. The molecule has 6 heteroatoms. The van der Waals surface area contributed by atoms with Crippen molar-refractivity contribution in [1.82, 2.24) is 9.29 Å². The monoisotopic (exact) mass is 293 g/mol. The van der Waals surface area contributed by atoms with E-state index in [1.807, 2.05) is 6.92 Å². The Hall–Kier alpha value is -1.42. The molecule has 2 rings (SSSR count). The van der Waals surface area contributed by atoms with E-state index in [9.17, 15) is 8.42 Å². The molecule has 1 aromatic heterocycles. The third-order valence-corrected chi connectivity index (χ3v) is 5.37. The lowest BCUT2D eigenvalue weighted by Gasteiger charge is -2.22. The van der Waals surface area contributed by atoms with Gasteiger partial charge in [-0.1, -0.05) is 18.8 Å². The summed E-state index contributed by atoms with van der Waals surface area (Å²) >= 11 is 0. The van der Waals surface area contributed by atoms with E-state index < -0.39 is 10.0 Å². The third-order valence-electron chi connectivity index (χ3n) is 3.45. The van der Waals surface area contributed by atoms with Gasteiger partial charge in [-0.2, -0.15) is 4.31 Å². The third kappa shape index (κ3) is 3.01. The largest absolute Gasteiger partial charge is 0.320 e. The quantitative estimate of drug-likeness (QED) is 0.842. The van der Waals surface area contributed by atoms with Crippen LogP contribution >= 0.6 is 0 Å². The van der Waals surface area contributed by atoms with Crippen LogP contribution in [-0.2, 0) is 10.0 Å². The maximum atomic E-state index is 12.6. The van der Waals surface area contributed by atoms with Gasteiger partial charge in [0.15, 0.2) is 0 Å². The Kier molecular flexibility index (Phi) is 4.76. The molecule has 0 amide bonds. The Morgan fingerprint density at radius 3 is 3.00 bits per heavy atom. The molecular weight excluding hydrogens is 274 g/mol. The molecule has 5 nitrogen and oxygen atoms in total. The molecule has 1 atom stereocenters. The second kappa shape index (κ2) is 6.35. The minimum Gasteiger partial charge on any atom is -0.320 e. The standard InChI is InChI=1S/C14H19N3O2S/c1-2-13-6-4-8-17(13)20(18,19)14-9-12(5-3-7-15)10-16-11-14/h9-11,13H,2,4,6-8,15H2,1H3. The molecule has 1 fully saturated rings. The first kappa shape index (κ1) is 15.0. The molecule has 1 unspecified atom stereocenters. The molecule has 2 heterocycles. The minimum atomic E-state index is -3.48. The van der Waals surface area contributed by atoms with Crippen LogP contribution in [0, 0.1) is 11.8 Å². The zero-order chi connectivity index (χ0) is 14.6. The summed E-state index contributed by atoms with van der Waals surface area (Å²) in [5.41, 5.74) is 5.89. The van der Waals surface area contributed by atoms with Gasteiger partial charge in [-0.3, -0.25) is 4.98 Å². The Labute approximate surface area is 120 Å². The van der Waals surface area contributed by atoms with Crippen molar-refractivity contribution in [2.24, 2.45) is 5.73 Å². The lowest BCUT2D eigenvalue weighted by Crippen LogP contribution is -2.35. The molecule has 108 valence electrons. The average Bonchev–Trinajstić information content (AvgIpc) is 2.94. The average molecular weight is 293 g/mol. The lowest BCUT2D eigenvalue weighted by molar-refractivity contribution is 0.379. The van der Waals surface area contributed by atoms with E-state index in [1.54, 1.807) is 16.6 Å². The number of sulfonamides is 1. The van der Waals surface area contributed by atoms with Crippen LogP contribution in [0.25, 0.3) is 0 Å². The SMILES string of the molecule is CCC1CCCN1S(=O)(=O)c1cncc(C#CCN)c1. The van der Waals surface area contributed by atoms with Gasteiger partial charge in [0.25, 0.3) is 0 Å². The van der Waals surface area contributed by atoms with Crippen LogP contribution in [0.15, 0.2) is 23.4 Å². The summed E-state index contributed by atoms with van der Waals surface area (Å²) < 4.78 is 26.9. The van der Waals surface area contributed by atoms with E-state index in [0.717, 1.165) is 19.3 Å². The summed E-state index contributed by atoms with van der Waals surface area (Å²) in [6, 6.07) is 1.66. The number of nitrogens with zero attached hydrogens (tertiary/aromatic N) is 2. The van der Waals surface area contributed by atoms with E-state index in [-0.39, 0.29) is 17.5 Å². The van der Waals surface area contributed by atoms with Crippen molar-refractivity contribution in [1.29, 1.82) is 0 Å². The Morgan fingerprint density at radius 1 is 1.50 bits per heavy atom. The summed E-state index contributed by atoms with van der Waals surface area (Å²) in [4.78, 5) is 4.19. The van der Waals surface area contributed by atoms with Crippen molar-refractivity contribution in [3.8, 4) is 11.8 Å². The van der Waals surface area contributed by atoms with Gasteiger partial charge in [0.05, 0.1) is 6.54 Å². The number of pyridine rings is 1. The van der Waals surface area contributed by atoms with Gasteiger partial charge in [0, 0.05) is 30.5 Å². The zero-order valence-electron chi connectivity index (χ0n) is 11.5. The second-order valence-corrected chi connectivity index (χ2v) is 6.63. The number of hydrogen-bond donors (Lipinski definition) is 1. The molecule has 0 spiro atoms. The van der Waals surface area contributed by atoms with Gasteiger partial charge in [-0.05, 0) is 25.3 Å². The molecule has 0 aromatic carbocycles. The van der Waals surface area contributed by atoms with Crippen LogP contribution in [0.2, 0.25) is 0 Å². The van der Waals surface area contributed by atoms with Gasteiger partial charge in [0.1, 0.15) is 4.90 Å². The van der Waals surface area contributed by atoms with E-state index in [0.29, 0.717) is 12.1 Å². The highest BCUT2D eigenvalue weighted by Gasteiger charge is 2.34. The number of aromatic nitrogens is 1. The Balaban J connectivity index is 2.34.